The Labute approximate surface area is 106 Å². The number of thioether (sulfide) groups is 1. The molecule has 7 nitrogen and oxygen atoms in total. The van der Waals surface area contributed by atoms with E-state index in [1.54, 1.807) is 12.3 Å². The van der Waals surface area contributed by atoms with Gasteiger partial charge in [-0.3, -0.25) is 14.6 Å². The van der Waals surface area contributed by atoms with E-state index in [0.717, 1.165) is 0 Å². The molecule has 0 aliphatic rings. The Hall–Kier alpha value is -2.22. The Morgan fingerprint density at radius 1 is 1.61 bits per heavy atom. The van der Waals surface area contributed by atoms with Crippen molar-refractivity contribution in [1.82, 2.24) is 9.97 Å². The number of hydrogen-bond acceptors (Lipinski definition) is 6. The minimum Gasteiger partial charge on any atom is -0.459 e. The third kappa shape index (κ3) is 2.38. The van der Waals surface area contributed by atoms with Crippen LogP contribution in [0.15, 0.2) is 32.8 Å². The number of aromatic amines is 1. The molecule has 0 saturated heterocycles. The maximum atomic E-state index is 11.7. The molecular formula is C10H10N4O3S. The lowest BCUT2D eigenvalue weighted by molar-refractivity contribution is 0.0996. The third-order valence-electron chi connectivity index (χ3n) is 2.10. The van der Waals surface area contributed by atoms with E-state index < -0.39 is 11.5 Å². The summed E-state index contributed by atoms with van der Waals surface area (Å²) in [4.78, 5) is 29.8. The lowest BCUT2D eigenvalue weighted by atomic mass is 10.4. The van der Waals surface area contributed by atoms with Gasteiger partial charge < -0.3 is 15.5 Å². The van der Waals surface area contributed by atoms with Crippen LogP contribution in [0.5, 0.6) is 0 Å². The van der Waals surface area contributed by atoms with Gasteiger partial charge in [0.2, 0.25) is 0 Å². The second-order valence-corrected chi connectivity index (χ2v) is 4.06. The first kappa shape index (κ1) is 12.2. The van der Waals surface area contributed by atoms with Crippen molar-refractivity contribution >= 4 is 29.2 Å². The third-order valence-corrected chi connectivity index (χ3v) is 2.68. The Bertz CT molecular complexity index is 621. The van der Waals surface area contributed by atoms with Gasteiger partial charge in [0.15, 0.2) is 22.4 Å². The number of nitrogens with two attached hydrogens (primary N) is 1. The van der Waals surface area contributed by atoms with E-state index in [0.29, 0.717) is 5.16 Å². The molecular weight excluding hydrogens is 256 g/mol. The predicted octanol–water partition coefficient (Wildman–Crippen LogP) is 0.919. The van der Waals surface area contributed by atoms with Gasteiger partial charge in [-0.05, 0) is 18.4 Å². The molecule has 1 amide bonds. The summed E-state index contributed by atoms with van der Waals surface area (Å²) in [5, 5.41) is 2.74. The van der Waals surface area contributed by atoms with Gasteiger partial charge in [0.05, 0.1) is 6.26 Å². The largest absolute Gasteiger partial charge is 0.459 e. The molecule has 0 unspecified atom stereocenters. The molecule has 0 fully saturated rings. The SMILES string of the molecule is CSc1nc(N)c(NC(=O)c2ccco2)c(=O)[nH]1. The standard InChI is InChI=1S/C10H10N4O3S/c1-18-10-13-7(11)6(9(16)14-10)12-8(15)5-3-2-4-17-5/h2-4H,1H3,(H,12,15)(H3,11,13,14,16). The van der Waals surface area contributed by atoms with Crippen molar-refractivity contribution in [2.24, 2.45) is 0 Å². The number of anilines is 2. The lowest BCUT2D eigenvalue weighted by Crippen LogP contribution is -2.22. The maximum Gasteiger partial charge on any atom is 0.291 e. The Morgan fingerprint density at radius 3 is 2.94 bits per heavy atom. The molecule has 0 aromatic carbocycles. The van der Waals surface area contributed by atoms with Crippen LogP contribution in [-0.2, 0) is 0 Å². The van der Waals surface area contributed by atoms with Crippen LogP contribution in [0.25, 0.3) is 0 Å². The van der Waals surface area contributed by atoms with Crippen LogP contribution in [-0.4, -0.2) is 22.1 Å². The number of nitrogens with zero attached hydrogens (tertiary/aromatic N) is 1. The second kappa shape index (κ2) is 4.96. The lowest BCUT2D eigenvalue weighted by Gasteiger charge is -2.06. The summed E-state index contributed by atoms with van der Waals surface area (Å²) in [6.07, 6.45) is 3.11. The highest BCUT2D eigenvalue weighted by Crippen LogP contribution is 2.15. The number of nitrogens with one attached hydrogen (secondary N) is 2. The van der Waals surface area contributed by atoms with E-state index in [4.69, 9.17) is 10.2 Å². The molecule has 0 bridgehead atoms. The minimum atomic E-state index is -0.559. The van der Waals surface area contributed by atoms with Crippen LogP contribution >= 0.6 is 11.8 Å². The van der Waals surface area contributed by atoms with Crippen LogP contribution in [0.2, 0.25) is 0 Å². The Morgan fingerprint density at radius 2 is 2.39 bits per heavy atom. The van der Waals surface area contributed by atoms with Crippen LogP contribution in [0, 0.1) is 0 Å². The molecule has 2 aromatic heterocycles. The van der Waals surface area contributed by atoms with Crippen molar-refractivity contribution < 1.29 is 9.21 Å². The summed E-state index contributed by atoms with van der Waals surface area (Å²) in [6, 6.07) is 3.04. The smallest absolute Gasteiger partial charge is 0.291 e. The fraction of sp³-hybridized carbons (Fsp3) is 0.100. The van der Waals surface area contributed by atoms with E-state index in [-0.39, 0.29) is 17.3 Å². The zero-order valence-corrected chi connectivity index (χ0v) is 10.2. The number of nitrogen functional groups attached to an aromatic ring is 1. The first-order valence-electron chi connectivity index (χ1n) is 4.90. The Kier molecular flexibility index (Phi) is 3.38. The first-order valence-corrected chi connectivity index (χ1v) is 6.13. The average molecular weight is 266 g/mol. The van der Waals surface area contributed by atoms with E-state index in [1.165, 1.54) is 24.1 Å². The van der Waals surface area contributed by atoms with Gasteiger partial charge in [-0.2, -0.15) is 0 Å². The highest BCUT2D eigenvalue weighted by Gasteiger charge is 2.15. The summed E-state index contributed by atoms with van der Waals surface area (Å²) < 4.78 is 4.90. The number of amides is 1. The van der Waals surface area contributed by atoms with Gasteiger partial charge in [-0.15, -0.1) is 0 Å². The van der Waals surface area contributed by atoms with Gasteiger partial charge in [-0.1, -0.05) is 11.8 Å². The average Bonchev–Trinajstić information content (AvgIpc) is 2.87. The molecule has 2 aromatic rings. The summed E-state index contributed by atoms with van der Waals surface area (Å²) in [7, 11) is 0. The monoisotopic (exact) mass is 266 g/mol. The highest BCUT2D eigenvalue weighted by atomic mass is 32.2. The first-order chi connectivity index (χ1) is 8.61. The summed E-state index contributed by atoms with van der Waals surface area (Å²) in [6.45, 7) is 0. The number of aromatic nitrogens is 2. The van der Waals surface area contributed by atoms with Crippen molar-refractivity contribution in [2.45, 2.75) is 5.16 Å². The molecule has 0 spiro atoms. The molecule has 2 rings (SSSR count). The molecule has 0 atom stereocenters. The summed E-state index contributed by atoms with van der Waals surface area (Å²) in [5.74, 6) is -0.512. The molecule has 0 radical (unpaired) electrons. The summed E-state index contributed by atoms with van der Waals surface area (Å²) >= 11 is 1.24. The van der Waals surface area contributed by atoms with Crippen LogP contribution in [0.3, 0.4) is 0 Å². The zero-order valence-electron chi connectivity index (χ0n) is 9.39. The molecule has 94 valence electrons. The maximum absolute atomic E-state index is 11.7. The van der Waals surface area contributed by atoms with Crippen molar-refractivity contribution in [2.75, 3.05) is 17.3 Å². The van der Waals surface area contributed by atoms with Crippen molar-refractivity contribution in [3.8, 4) is 0 Å². The fourth-order valence-corrected chi connectivity index (χ4v) is 1.65. The number of rotatable bonds is 3. The van der Waals surface area contributed by atoms with Crippen molar-refractivity contribution in [1.29, 1.82) is 0 Å². The molecule has 0 aliphatic carbocycles. The van der Waals surface area contributed by atoms with E-state index >= 15 is 0 Å². The number of carbonyl (C=O) groups is 1. The topological polar surface area (TPSA) is 114 Å². The van der Waals surface area contributed by atoms with Crippen molar-refractivity contribution in [3.63, 3.8) is 0 Å². The van der Waals surface area contributed by atoms with Crippen molar-refractivity contribution in [3.05, 3.63) is 34.5 Å². The number of furan rings is 1. The molecule has 0 saturated carbocycles. The quantitative estimate of drug-likeness (QED) is 0.562. The molecule has 8 heteroatoms. The zero-order chi connectivity index (χ0) is 13.1. The van der Waals surface area contributed by atoms with Crippen LogP contribution in [0.4, 0.5) is 11.5 Å². The van der Waals surface area contributed by atoms with E-state index in [9.17, 15) is 9.59 Å². The predicted molar refractivity (Wildman–Crippen MR) is 67.7 cm³/mol. The van der Waals surface area contributed by atoms with Gasteiger partial charge in [0.25, 0.3) is 11.5 Å². The number of H-pyrrole nitrogens is 1. The molecule has 2 heterocycles. The normalized spacial score (nSPS) is 10.3. The van der Waals surface area contributed by atoms with Crippen LogP contribution < -0.4 is 16.6 Å². The van der Waals surface area contributed by atoms with E-state index in [1.807, 2.05) is 0 Å². The second-order valence-electron chi connectivity index (χ2n) is 3.27. The molecule has 0 aliphatic heterocycles. The van der Waals surface area contributed by atoms with E-state index in [2.05, 4.69) is 15.3 Å². The van der Waals surface area contributed by atoms with Gasteiger partial charge in [0.1, 0.15) is 0 Å². The Balaban J connectivity index is 2.30. The number of hydrogen-bond donors (Lipinski definition) is 3. The highest BCUT2D eigenvalue weighted by molar-refractivity contribution is 7.98. The van der Waals surface area contributed by atoms with Gasteiger partial charge in [0, 0.05) is 0 Å². The van der Waals surface area contributed by atoms with Gasteiger partial charge >= 0.3 is 0 Å². The molecule has 18 heavy (non-hydrogen) atoms. The number of carbonyl (C=O) groups excluding carboxylic acids is 1. The summed E-state index contributed by atoms with van der Waals surface area (Å²) in [5.41, 5.74) is 5.01. The van der Waals surface area contributed by atoms with Gasteiger partial charge in [-0.25, -0.2) is 4.98 Å². The minimum absolute atomic E-state index is 0.0389. The molecule has 4 N–H and O–H groups in total. The fourth-order valence-electron chi connectivity index (χ4n) is 1.27. The van der Waals surface area contributed by atoms with Crippen LogP contribution in [0.1, 0.15) is 10.6 Å².